The fraction of sp³-hybridized carbons (Fsp3) is 0.400. The molecule has 1 aliphatic heterocycles. The molecule has 0 spiro atoms. The van der Waals surface area contributed by atoms with E-state index in [0.717, 1.165) is 16.4 Å². The highest BCUT2D eigenvalue weighted by molar-refractivity contribution is 7.89. The van der Waals surface area contributed by atoms with Crippen LogP contribution < -0.4 is 5.73 Å². The Hall–Kier alpha value is -1.18. The highest BCUT2D eigenvalue weighted by Crippen LogP contribution is 2.28. The van der Waals surface area contributed by atoms with Crippen molar-refractivity contribution >= 4 is 15.7 Å². The molecule has 1 aromatic rings. The minimum atomic E-state index is -3.76. The number of nitrogen functional groups attached to an aromatic ring is 1. The first-order chi connectivity index (χ1) is 7.71. The van der Waals surface area contributed by atoms with E-state index in [9.17, 15) is 17.9 Å². The summed E-state index contributed by atoms with van der Waals surface area (Å²) >= 11 is 0. The molecule has 5 nitrogen and oxygen atoms in total. The number of halogens is 1. The molecule has 0 saturated carbocycles. The molecule has 3 N–H and O–H groups in total. The molecule has 0 radical (unpaired) electrons. The molecule has 1 heterocycles. The van der Waals surface area contributed by atoms with Crippen LogP contribution in [0.25, 0.3) is 0 Å². The minimum Gasteiger partial charge on any atom is -0.399 e. The molecule has 2 rings (SSSR count). The molecule has 1 saturated heterocycles. The van der Waals surface area contributed by atoms with Crippen molar-refractivity contribution in [2.45, 2.75) is 17.4 Å². The van der Waals surface area contributed by atoms with Crippen molar-refractivity contribution in [2.24, 2.45) is 0 Å². The Balaban J connectivity index is 2.33. The van der Waals surface area contributed by atoms with Crippen molar-refractivity contribution in [2.75, 3.05) is 18.8 Å². The first-order valence-electron chi connectivity index (χ1n) is 4.99. The summed E-state index contributed by atoms with van der Waals surface area (Å²) in [5.41, 5.74) is 4.44. The second-order valence-electron chi connectivity index (χ2n) is 4.49. The van der Waals surface area contributed by atoms with Crippen LogP contribution in [0.2, 0.25) is 0 Å². The molecule has 0 atom stereocenters. The molecule has 1 aromatic carbocycles. The highest BCUT2D eigenvalue weighted by Gasteiger charge is 2.44. The van der Waals surface area contributed by atoms with Crippen molar-refractivity contribution in [3.05, 3.63) is 24.0 Å². The van der Waals surface area contributed by atoms with E-state index in [1.165, 1.54) is 6.07 Å². The molecule has 0 aromatic heterocycles. The maximum atomic E-state index is 13.1. The zero-order valence-corrected chi connectivity index (χ0v) is 10.0. The number of nitrogens with zero attached hydrogens (tertiary/aromatic N) is 1. The topological polar surface area (TPSA) is 83.6 Å². The molecule has 1 fully saturated rings. The lowest BCUT2D eigenvalue weighted by molar-refractivity contribution is -0.0426. The highest BCUT2D eigenvalue weighted by atomic mass is 32.2. The maximum Gasteiger partial charge on any atom is 0.243 e. The fourth-order valence-corrected chi connectivity index (χ4v) is 3.51. The van der Waals surface area contributed by atoms with E-state index >= 15 is 0 Å². The van der Waals surface area contributed by atoms with Gasteiger partial charge in [0.1, 0.15) is 5.82 Å². The Kier molecular flexibility index (Phi) is 2.64. The molecule has 1 aliphatic rings. The van der Waals surface area contributed by atoms with Gasteiger partial charge in [0.2, 0.25) is 10.0 Å². The van der Waals surface area contributed by atoms with Crippen LogP contribution in [0.15, 0.2) is 23.1 Å². The normalized spacial score (nSPS) is 19.9. The summed E-state index contributed by atoms with van der Waals surface area (Å²) in [4.78, 5) is -0.189. The number of hydrogen-bond donors (Lipinski definition) is 2. The van der Waals surface area contributed by atoms with E-state index in [1.807, 2.05) is 0 Å². The lowest BCUT2D eigenvalue weighted by Gasteiger charge is -2.42. The first-order valence-corrected chi connectivity index (χ1v) is 6.43. The third-order valence-electron chi connectivity index (χ3n) is 2.57. The van der Waals surface area contributed by atoms with Crippen molar-refractivity contribution in [1.29, 1.82) is 0 Å². The van der Waals surface area contributed by atoms with Gasteiger partial charge in [-0.3, -0.25) is 0 Å². The second-order valence-corrected chi connectivity index (χ2v) is 6.43. The summed E-state index contributed by atoms with van der Waals surface area (Å²) < 4.78 is 38.2. The lowest BCUT2D eigenvalue weighted by atomic mass is 10.0. The summed E-state index contributed by atoms with van der Waals surface area (Å²) in [7, 11) is -3.76. The van der Waals surface area contributed by atoms with Gasteiger partial charge in [-0.2, -0.15) is 4.31 Å². The van der Waals surface area contributed by atoms with Crippen LogP contribution >= 0.6 is 0 Å². The third kappa shape index (κ3) is 2.26. The van der Waals surface area contributed by atoms with E-state index < -0.39 is 21.4 Å². The predicted octanol–water partition coefficient (Wildman–Crippen LogP) is 0.163. The molecule has 17 heavy (non-hydrogen) atoms. The molecular formula is C10H13FN2O3S. The monoisotopic (exact) mass is 260 g/mol. The molecule has 0 bridgehead atoms. The van der Waals surface area contributed by atoms with Crippen LogP contribution in [-0.4, -0.2) is 36.5 Å². The summed E-state index contributed by atoms with van der Waals surface area (Å²) in [6.07, 6.45) is 0. The van der Waals surface area contributed by atoms with Gasteiger partial charge in [-0.25, -0.2) is 12.8 Å². The number of nitrogens with two attached hydrogens (primary N) is 1. The molecule has 0 amide bonds. The minimum absolute atomic E-state index is 0.00571. The Bertz CT molecular complexity index is 528. The van der Waals surface area contributed by atoms with Gasteiger partial charge in [0, 0.05) is 18.8 Å². The van der Waals surface area contributed by atoms with Gasteiger partial charge in [0.25, 0.3) is 0 Å². The van der Waals surface area contributed by atoms with E-state index in [4.69, 9.17) is 5.73 Å². The summed E-state index contributed by atoms with van der Waals surface area (Å²) in [6.45, 7) is 1.55. The molecule has 0 aliphatic carbocycles. The molecular weight excluding hydrogens is 247 g/mol. The zero-order valence-electron chi connectivity index (χ0n) is 9.22. The van der Waals surface area contributed by atoms with Gasteiger partial charge >= 0.3 is 0 Å². The van der Waals surface area contributed by atoms with Gasteiger partial charge in [-0.15, -0.1) is 0 Å². The van der Waals surface area contributed by atoms with Crippen molar-refractivity contribution in [3.63, 3.8) is 0 Å². The molecule has 94 valence electrons. The summed E-state index contributed by atoms with van der Waals surface area (Å²) in [5, 5.41) is 9.50. The Morgan fingerprint density at radius 1 is 1.41 bits per heavy atom. The average Bonchev–Trinajstić information content (AvgIpc) is 2.12. The number of benzene rings is 1. The lowest BCUT2D eigenvalue weighted by Crippen LogP contribution is -2.61. The van der Waals surface area contributed by atoms with Gasteiger partial charge in [0.05, 0.1) is 10.5 Å². The van der Waals surface area contributed by atoms with Crippen LogP contribution in [0.5, 0.6) is 0 Å². The van der Waals surface area contributed by atoms with Crippen LogP contribution in [-0.2, 0) is 10.0 Å². The van der Waals surface area contributed by atoms with Gasteiger partial charge < -0.3 is 10.8 Å². The number of rotatable bonds is 2. The average molecular weight is 260 g/mol. The van der Waals surface area contributed by atoms with Crippen molar-refractivity contribution in [3.8, 4) is 0 Å². The Morgan fingerprint density at radius 3 is 2.47 bits per heavy atom. The predicted molar refractivity (Wildman–Crippen MR) is 60.2 cm³/mol. The standard InChI is InChI=1S/C10H13FN2O3S/c1-10(14)5-13(6-10)17(15,16)9-3-7(11)2-8(12)4-9/h2-4,14H,5-6,12H2,1H3. The third-order valence-corrected chi connectivity index (χ3v) is 4.33. The second kappa shape index (κ2) is 3.66. The summed E-state index contributed by atoms with van der Waals surface area (Å²) in [5.74, 6) is -0.698. The van der Waals surface area contributed by atoms with Crippen LogP contribution in [0.1, 0.15) is 6.92 Å². The van der Waals surface area contributed by atoms with Gasteiger partial charge in [-0.05, 0) is 25.1 Å². The van der Waals surface area contributed by atoms with Gasteiger partial charge in [-0.1, -0.05) is 0 Å². The smallest absolute Gasteiger partial charge is 0.243 e. The van der Waals surface area contributed by atoms with Crippen LogP contribution in [0, 0.1) is 5.82 Å². The van der Waals surface area contributed by atoms with Gasteiger partial charge in [0.15, 0.2) is 0 Å². The Morgan fingerprint density at radius 2 is 2.00 bits per heavy atom. The number of sulfonamides is 1. The van der Waals surface area contributed by atoms with E-state index in [1.54, 1.807) is 6.92 Å². The van der Waals surface area contributed by atoms with Crippen LogP contribution in [0.3, 0.4) is 0 Å². The zero-order chi connectivity index (χ0) is 12.8. The SMILES string of the molecule is CC1(O)CN(S(=O)(=O)c2cc(N)cc(F)c2)C1. The quantitative estimate of drug-likeness (QED) is 0.742. The van der Waals surface area contributed by atoms with Crippen LogP contribution in [0.4, 0.5) is 10.1 Å². The fourth-order valence-electron chi connectivity index (χ4n) is 1.77. The number of hydrogen-bond acceptors (Lipinski definition) is 4. The first kappa shape index (κ1) is 12.3. The van der Waals surface area contributed by atoms with E-state index in [0.29, 0.717) is 0 Å². The van der Waals surface area contributed by atoms with Crippen molar-refractivity contribution in [1.82, 2.24) is 4.31 Å². The van der Waals surface area contributed by atoms with E-state index in [-0.39, 0.29) is 23.7 Å². The number of aliphatic hydroxyl groups is 1. The summed E-state index contributed by atoms with van der Waals surface area (Å²) in [6, 6.07) is 3.16. The number of anilines is 1. The number of β-amino-alcohol motifs (C(OH)–C–C–N with tert-alkyl or cyclic N) is 1. The maximum absolute atomic E-state index is 13.1. The van der Waals surface area contributed by atoms with E-state index in [2.05, 4.69) is 0 Å². The Labute approximate surface area is 98.7 Å². The molecule has 0 unspecified atom stereocenters. The molecule has 7 heteroatoms. The largest absolute Gasteiger partial charge is 0.399 e. The van der Waals surface area contributed by atoms with Crippen molar-refractivity contribution < 1.29 is 17.9 Å².